The van der Waals surface area contributed by atoms with Crippen molar-refractivity contribution in [2.24, 2.45) is 0 Å². The van der Waals surface area contributed by atoms with Crippen LogP contribution in [0.3, 0.4) is 0 Å². The third kappa shape index (κ3) is 2.13. The Bertz CT molecular complexity index is 344. The molecule has 0 fully saturated rings. The van der Waals surface area contributed by atoms with Crippen molar-refractivity contribution in [3.63, 3.8) is 0 Å². The average Bonchev–Trinajstić information content (AvgIpc) is 2.29. The van der Waals surface area contributed by atoms with Crippen molar-refractivity contribution in [3.8, 4) is 0 Å². The van der Waals surface area contributed by atoms with Gasteiger partial charge in [-0.3, -0.25) is 0 Å². The van der Waals surface area contributed by atoms with Crippen molar-refractivity contribution in [1.29, 1.82) is 0 Å². The summed E-state index contributed by atoms with van der Waals surface area (Å²) in [5.74, 6) is -1.41. The van der Waals surface area contributed by atoms with Gasteiger partial charge in [0.05, 0.1) is 5.02 Å². The summed E-state index contributed by atoms with van der Waals surface area (Å²) in [6, 6.07) is 0.789. The van der Waals surface area contributed by atoms with Crippen LogP contribution in [-0.4, -0.2) is 11.1 Å². The Kier molecular flexibility index (Phi) is 2.53. The highest BCUT2D eigenvalue weighted by Crippen LogP contribution is 2.40. The average molecular weight is 231 g/mol. The molecule has 0 aromatic carbocycles. The first-order valence-corrected chi connectivity index (χ1v) is 4.11. The maximum Gasteiger partial charge on any atom is 0.427 e. The number of carbonyl (C=O) groups is 1. The van der Waals surface area contributed by atoms with Crippen LogP contribution in [0, 0.1) is 0 Å². The number of rotatable bonds is 1. The molecule has 0 spiro atoms. The number of carboxylic acid groups (broad SMARTS) is 1. The third-order valence-electron chi connectivity index (χ3n) is 1.16. The molecule has 0 amide bonds. The van der Waals surface area contributed by atoms with E-state index in [-0.39, 0.29) is 11.3 Å². The fraction of sp³-hybridized carbons (Fsp3) is 0.167. The predicted octanol–water partition coefficient (Wildman–Crippen LogP) is 3.12. The number of aromatic carboxylic acids is 1. The van der Waals surface area contributed by atoms with Crippen LogP contribution >= 0.6 is 22.9 Å². The zero-order valence-corrected chi connectivity index (χ0v) is 7.43. The van der Waals surface area contributed by atoms with Gasteiger partial charge in [0.1, 0.15) is 9.75 Å². The molecule has 1 heterocycles. The van der Waals surface area contributed by atoms with Gasteiger partial charge in [-0.2, -0.15) is 13.2 Å². The van der Waals surface area contributed by atoms with Crippen molar-refractivity contribution in [3.05, 3.63) is 20.8 Å². The molecule has 0 aliphatic heterocycles. The summed E-state index contributed by atoms with van der Waals surface area (Å²) < 4.78 is 36.2. The fourth-order valence-electron chi connectivity index (χ4n) is 0.667. The molecule has 0 unspecified atom stereocenters. The van der Waals surface area contributed by atoms with Gasteiger partial charge in [0.25, 0.3) is 0 Å². The van der Waals surface area contributed by atoms with E-state index in [1.54, 1.807) is 0 Å². The van der Waals surface area contributed by atoms with Crippen molar-refractivity contribution < 1.29 is 23.1 Å². The van der Waals surface area contributed by atoms with E-state index in [2.05, 4.69) is 0 Å². The Morgan fingerprint density at radius 2 is 2.08 bits per heavy atom. The van der Waals surface area contributed by atoms with Gasteiger partial charge in [-0.15, -0.1) is 11.3 Å². The predicted molar refractivity (Wildman–Crippen MR) is 41.3 cm³/mol. The first kappa shape index (κ1) is 10.3. The Labute approximate surface area is 79.6 Å². The summed E-state index contributed by atoms with van der Waals surface area (Å²) in [5, 5.41) is 7.80. The Hall–Kier alpha value is -0.750. The standard InChI is InChI=1S/C6H2ClF3O2S/c7-2-1-3(5(11)12)13-4(2)6(8,9)10/h1H,(H,11,12). The van der Waals surface area contributed by atoms with Crippen molar-refractivity contribution in [2.45, 2.75) is 6.18 Å². The molecule has 7 heteroatoms. The molecule has 0 radical (unpaired) electrons. The lowest BCUT2D eigenvalue weighted by molar-refractivity contribution is -0.134. The molecular weight excluding hydrogens is 229 g/mol. The van der Waals surface area contributed by atoms with E-state index in [9.17, 15) is 18.0 Å². The lowest BCUT2D eigenvalue weighted by Crippen LogP contribution is -2.01. The van der Waals surface area contributed by atoms with Crippen LogP contribution in [-0.2, 0) is 6.18 Å². The second-order valence-corrected chi connectivity index (χ2v) is 3.55. The highest BCUT2D eigenvalue weighted by atomic mass is 35.5. The molecule has 0 atom stereocenters. The highest BCUT2D eigenvalue weighted by Gasteiger charge is 2.36. The summed E-state index contributed by atoms with van der Waals surface area (Å²) in [6.07, 6.45) is -4.59. The number of thiophene rings is 1. The van der Waals surface area contributed by atoms with E-state index >= 15 is 0 Å². The monoisotopic (exact) mass is 230 g/mol. The minimum Gasteiger partial charge on any atom is -0.477 e. The molecule has 0 aliphatic rings. The first-order chi connectivity index (χ1) is 5.82. The number of alkyl halides is 3. The van der Waals surface area contributed by atoms with Gasteiger partial charge in [0.15, 0.2) is 0 Å². The molecule has 0 bridgehead atoms. The van der Waals surface area contributed by atoms with Crippen LogP contribution in [0.5, 0.6) is 0 Å². The van der Waals surface area contributed by atoms with Gasteiger partial charge in [0, 0.05) is 0 Å². The molecule has 0 saturated carbocycles. The van der Waals surface area contributed by atoms with Crippen LogP contribution in [0.1, 0.15) is 14.5 Å². The zero-order valence-electron chi connectivity index (χ0n) is 5.85. The zero-order chi connectivity index (χ0) is 10.2. The lowest BCUT2D eigenvalue weighted by atomic mass is 10.4. The van der Waals surface area contributed by atoms with E-state index in [1.807, 2.05) is 0 Å². The molecular formula is C6H2ClF3O2S. The molecule has 1 rings (SSSR count). The topological polar surface area (TPSA) is 37.3 Å². The fourth-order valence-corrected chi connectivity index (χ4v) is 1.82. The molecule has 2 nitrogen and oxygen atoms in total. The quantitative estimate of drug-likeness (QED) is 0.805. The highest BCUT2D eigenvalue weighted by molar-refractivity contribution is 7.14. The molecule has 0 saturated heterocycles. The van der Waals surface area contributed by atoms with Crippen LogP contribution < -0.4 is 0 Å². The number of hydrogen-bond donors (Lipinski definition) is 1. The first-order valence-electron chi connectivity index (χ1n) is 2.92. The third-order valence-corrected chi connectivity index (χ3v) is 2.73. The van der Waals surface area contributed by atoms with Crippen LogP contribution in [0.2, 0.25) is 5.02 Å². The minimum atomic E-state index is -4.59. The molecule has 0 aliphatic carbocycles. The molecule has 1 aromatic heterocycles. The van der Waals surface area contributed by atoms with Crippen LogP contribution in [0.4, 0.5) is 13.2 Å². The van der Waals surface area contributed by atoms with Gasteiger partial charge in [-0.05, 0) is 6.07 Å². The Balaban J connectivity index is 3.18. The smallest absolute Gasteiger partial charge is 0.427 e. The summed E-state index contributed by atoms with van der Waals surface area (Å²) >= 11 is 5.32. The van der Waals surface area contributed by atoms with Gasteiger partial charge < -0.3 is 5.11 Å². The van der Waals surface area contributed by atoms with Gasteiger partial charge in [-0.1, -0.05) is 11.6 Å². The molecule has 13 heavy (non-hydrogen) atoms. The number of halogens is 4. The molecule has 1 N–H and O–H groups in total. The van der Waals surface area contributed by atoms with Gasteiger partial charge >= 0.3 is 12.1 Å². The SMILES string of the molecule is O=C(O)c1cc(Cl)c(C(F)(F)F)s1. The van der Waals surface area contributed by atoms with E-state index in [0.29, 0.717) is 0 Å². The summed E-state index contributed by atoms with van der Waals surface area (Å²) in [7, 11) is 0. The van der Waals surface area contributed by atoms with Crippen molar-refractivity contribution in [1.82, 2.24) is 0 Å². The van der Waals surface area contributed by atoms with Crippen LogP contribution in [0.15, 0.2) is 6.07 Å². The number of carboxylic acids is 1. The second-order valence-electron chi connectivity index (χ2n) is 2.09. The minimum absolute atomic E-state index is 0.118. The van der Waals surface area contributed by atoms with Gasteiger partial charge in [0.2, 0.25) is 0 Å². The normalized spacial score (nSPS) is 11.7. The lowest BCUT2D eigenvalue weighted by Gasteiger charge is -2.01. The largest absolute Gasteiger partial charge is 0.477 e. The van der Waals surface area contributed by atoms with Crippen LogP contribution in [0.25, 0.3) is 0 Å². The van der Waals surface area contributed by atoms with E-state index in [4.69, 9.17) is 16.7 Å². The Morgan fingerprint density at radius 1 is 1.54 bits per heavy atom. The van der Waals surface area contributed by atoms with Crippen molar-refractivity contribution in [2.75, 3.05) is 0 Å². The van der Waals surface area contributed by atoms with E-state index in [0.717, 1.165) is 6.07 Å². The molecule has 72 valence electrons. The van der Waals surface area contributed by atoms with Gasteiger partial charge in [-0.25, -0.2) is 4.79 Å². The molecule has 1 aromatic rings. The maximum absolute atomic E-state index is 12.1. The summed E-state index contributed by atoms with van der Waals surface area (Å²) in [5.41, 5.74) is 0. The van der Waals surface area contributed by atoms with Crippen molar-refractivity contribution >= 4 is 28.9 Å². The van der Waals surface area contributed by atoms with E-state index in [1.165, 1.54) is 0 Å². The van der Waals surface area contributed by atoms with E-state index < -0.39 is 26.9 Å². The number of hydrogen-bond acceptors (Lipinski definition) is 2. The summed E-state index contributed by atoms with van der Waals surface area (Å²) in [4.78, 5) is 8.78. The summed E-state index contributed by atoms with van der Waals surface area (Å²) in [6.45, 7) is 0. The Morgan fingerprint density at radius 3 is 2.31 bits per heavy atom. The maximum atomic E-state index is 12.1. The second kappa shape index (κ2) is 3.19.